The molecule has 0 aromatic heterocycles. The summed E-state index contributed by atoms with van der Waals surface area (Å²) in [6.45, 7) is 3.01. The van der Waals surface area contributed by atoms with Crippen LogP contribution >= 0.6 is 11.6 Å². The maximum atomic E-state index is 11.7. The van der Waals surface area contributed by atoms with Gasteiger partial charge in [0.2, 0.25) is 0 Å². The van der Waals surface area contributed by atoms with Crippen LogP contribution in [0.15, 0.2) is 12.1 Å². The average Bonchev–Trinajstić information content (AvgIpc) is 2.28. The van der Waals surface area contributed by atoms with Gasteiger partial charge < -0.3 is 9.47 Å². The molecule has 0 amide bonds. The Morgan fingerprint density at radius 1 is 1.44 bits per heavy atom. The van der Waals surface area contributed by atoms with Gasteiger partial charge in [0.15, 0.2) is 0 Å². The second-order valence-electron chi connectivity index (χ2n) is 3.25. The maximum Gasteiger partial charge on any atom is 0.341 e. The fourth-order valence-electron chi connectivity index (χ4n) is 1.25. The summed E-state index contributed by atoms with van der Waals surface area (Å²) in [4.78, 5) is 22.6. The molecule has 0 bridgehead atoms. The van der Waals surface area contributed by atoms with Gasteiger partial charge in [0, 0.05) is 13.0 Å². The number of halogens is 1. The lowest BCUT2D eigenvalue weighted by Gasteiger charge is -2.09. The van der Waals surface area contributed by atoms with Crippen LogP contribution in [0, 0.1) is 11.3 Å². The zero-order chi connectivity index (χ0) is 13.7. The molecule has 1 aromatic carbocycles. The first kappa shape index (κ1) is 14.0. The second kappa shape index (κ2) is 6.03. The lowest BCUT2D eigenvalue weighted by Crippen LogP contribution is -2.11. The minimum atomic E-state index is -0.679. The Kier molecular flexibility index (Phi) is 4.69. The molecule has 0 heterocycles. The number of hydrogen-bond donors (Lipinski definition) is 0. The van der Waals surface area contributed by atoms with E-state index in [1.165, 1.54) is 19.1 Å². The van der Waals surface area contributed by atoms with Gasteiger partial charge >= 0.3 is 11.9 Å². The molecule has 5 nitrogen and oxygen atoms in total. The zero-order valence-corrected chi connectivity index (χ0v) is 10.6. The number of esters is 2. The third-order valence-corrected chi connectivity index (χ3v) is 2.25. The molecule has 18 heavy (non-hydrogen) atoms. The van der Waals surface area contributed by atoms with Crippen molar-refractivity contribution in [3.63, 3.8) is 0 Å². The molecule has 0 N–H and O–H groups in total. The highest BCUT2D eigenvalue weighted by Crippen LogP contribution is 2.28. The smallest absolute Gasteiger partial charge is 0.341 e. The minimum Gasteiger partial charge on any atom is -0.462 e. The SMILES string of the molecule is CCOC(=O)c1cc(C#N)c(Cl)cc1OC(C)=O. The predicted octanol–water partition coefficient (Wildman–Crippen LogP) is 2.31. The average molecular weight is 268 g/mol. The Morgan fingerprint density at radius 2 is 2.11 bits per heavy atom. The highest BCUT2D eigenvalue weighted by Gasteiger charge is 2.18. The monoisotopic (exact) mass is 267 g/mol. The van der Waals surface area contributed by atoms with Crippen LogP contribution in [0.3, 0.4) is 0 Å². The van der Waals surface area contributed by atoms with Crippen LogP contribution in [-0.2, 0) is 9.53 Å². The number of nitriles is 1. The molecule has 1 aromatic rings. The number of ether oxygens (including phenoxy) is 2. The van der Waals surface area contributed by atoms with E-state index in [9.17, 15) is 9.59 Å². The minimum absolute atomic E-state index is 0.00648. The third kappa shape index (κ3) is 3.22. The predicted molar refractivity (Wildman–Crippen MR) is 63.4 cm³/mol. The van der Waals surface area contributed by atoms with Crippen molar-refractivity contribution in [2.45, 2.75) is 13.8 Å². The van der Waals surface area contributed by atoms with Gasteiger partial charge in [-0.15, -0.1) is 0 Å². The van der Waals surface area contributed by atoms with Crippen LogP contribution in [0.2, 0.25) is 5.02 Å². The molecule has 0 spiro atoms. The molecule has 0 unspecified atom stereocenters. The highest BCUT2D eigenvalue weighted by atomic mass is 35.5. The summed E-state index contributed by atoms with van der Waals surface area (Å²) in [7, 11) is 0. The molecular formula is C12H10ClNO4. The van der Waals surface area contributed by atoms with Gasteiger partial charge in [0.05, 0.1) is 17.2 Å². The largest absolute Gasteiger partial charge is 0.462 e. The molecule has 1 rings (SSSR count). The van der Waals surface area contributed by atoms with Crippen molar-refractivity contribution in [1.82, 2.24) is 0 Å². The van der Waals surface area contributed by atoms with Crippen LogP contribution in [0.5, 0.6) is 5.75 Å². The molecule has 0 saturated heterocycles. The van der Waals surface area contributed by atoms with Crippen LogP contribution in [0.25, 0.3) is 0 Å². The molecule has 0 aliphatic heterocycles. The topological polar surface area (TPSA) is 76.4 Å². The molecule has 0 fully saturated rings. The second-order valence-corrected chi connectivity index (χ2v) is 3.66. The molecule has 0 aliphatic carbocycles. The molecule has 6 heteroatoms. The lowest BCUT2D eigenvalue weighted by molar-refractivity contribution is -0.131. The Hall–Kier alpha value is -2.06. The van der Waals surface area contributed by atoms with Gasteiger partial charge in [0.25, 0.3) is 0 Å². The van der Waals surface area contributed by atoms with E-state index in [1.54, 1.807) is 6.92 Å². The number of carbonyl (C=O) groups is 2. The lowest BCUT2D eigenvalue weighted by atomic mass is 10.1. The van der Waals surface area contributed by atoms with E-state index in [2.05, 4.69) is 0 Å². The van der Waals surface area contributed by atoms with Gasteiger partial charge in [-0.3, -0.25) is 4.79 Å². The molecule has 0 aliphatic rings. The van der Waals surface area contributed by atoms with Crippen molar-refractivity contribution in [2.24, 2.45) is 0 Å². The molecule has 0 atom stereocenters. The number of benzene rings is 1. The summed E-state index contributed by atoms with van der Waals surface area (Å²) in [5, 5.41) is 8.93. The Morgan fingerprint density at radius 3 is 2.61 bits per heavy atom. The van der Waals surface area contributed by atoms with Crippen molar-refractivity contribution in [2.75, 3.05) is 6.61 Å². The number of hydrogen-bond acceptors (Lipinski definition) is 5. The van der Waals surface area contributed by atoms with Crippen molar-refractivity contribution in [1.29, 1.82) is 5.26 Å². The first-order valence-electron chi connectivity index (χ1n) is 5.08. The van der Waals surface area contributed by atoms with Crippen molar-refractivity contribution < 1.29 is 19.1 Å². The zero-order valence-electron chi connectivity index (χ0n) is 9.82. The van der Waals surface area contributed by atoms with E-state index in [1.807, 2.05) is 6.07 Å². The quantitative estimate of drug-likeness (QED) is 0.620. The number of rotatable bonds is 3. The summed E-state index contributed by atoms with van der Waals surface area (Å²) < 4.78 is 9.67. The summed E-state index contributed by atoms with van der Waals surface area (Å²) in [5.41, 5.74) is 0.101. The van der Waals surface area contributed by atoms with E-state index in [0.29, 0.717) is 0 Å². The molecular weight excluding hydrogens is 258 g/mol. The maximum absolute atomic E-state index is 11.7. The van der Waals surface area contributed by atoms with Crippen LogP contribution in [0.4, 0.5) is 0 Å². The van der Waals surface area contributed by atoms with E-state index in [0.717, 1.165) is 0 Å². The third-order valence-electron chi connectivity index (χ3n) is 1.94. The van der Waals surface area contributed by atoms with E-state index < -0.39 is 11.9 Å². The first-order chi connectivity index (χ1) is 8.49. The van der Waals surface area contributed by atoms with Crippen molar-refractivity contribution in [3.8, 4) is 11.8 Å². The van der Waals surface area contributed by atoms with E-state index in [-0.39, 0.29) is 28.5 Å². The van der Waals surface area contributed by atoms with Crippen molar-refractivity contribution in [3.05, 3.63) is 28.3 Å². The van der Waals surface area contributed by atoms with Crippen LogP contribution in [-0.4, -0.2) is 18.5 Å². The fraction of sp³-hybridized carbons (Fsp3) is 0.250. The van der Waals surface area contributed by atoms with Gasteiger partial charge in [0.1, 0.15) is 17.4 Å². The Labute approximate surface area is 109 Å². The Balaban J connectivity index is 3.30. The van der Waals surface area contributed by atoms with Gasteiger partial charge in [-0.2, -0.15) is 5.26 Å². The fourth-order valence-corrected chi connectivity index (χ4v) is 1.44. The summed E-state index contributed by atoms with van der Waals surface area (Å²) in [6.07, 6.45) is 0. The van der Waals surface area contributed by atoms with Crippen LogP contribution < -0.4 is 4.74 Å². The summed E-state index contributed by atoms with van der Waals surface area (Å²) >= 11 is 5.80. The number of carbonyl (C=O) groups excluding carboxylic acids is 2. The molecule has 0 radical (unpaired) electrons. The molecule has 0 saturated carbocycles. The molecule has 94 valence electrons. The van der Waals surface area contributed by atoms with Gasteiger partial charge in [-0.05, 0) is 13.0 Å². The highest BCUT2D eigenvalue weighted by molar-refractivity contribution is 6.32. The summed E-state index contributed by atoms with van der Waals surface area (Å²) in [6, 6.07) is 4.31. The van der Waals surface area contributed by atoms with Gasteiger partial charge in [-0.25, -0.2) is 4.79 Å². The van der Waals surface area contributed by atoms with E-state index in [4.69, 9.17) is 26.3 Å². The van der Waals surface area contributed by atoms with E-state index >= 15 is 0 Å². The Bertz CT molecular complexity index is 534. The van der Waals surface area contributed by atoms with Crippen LogP contribution in [0.1, 0.15) is 29.8 Å². The standard InChI is InChI=1S/C12H10ClNO4/c1-3-17-12(16)9-4-8(6-14)10(13)5-11(9)18-7(2)15/h4-5H,3H2,1-2H3. The van der Waals surface area contributed by atoms with Crippen molar-refractivity contribution >= 4 is 23.5 Å². The normalized spacial score (nSPS) is 9.44. The van der Waals surface area contributed by atoms with Gasteiger partial charge in [-0.1, -0.05) is 11.6 Å². The number of nitrogens with zero attached hydrogens (tertiary/aromatic N) is 1. The summed E-state index contributed by atoms with van der Waals surface area (Å²) in [5.74, 6) is -1.30. The first-order valence-corrected chi connectivity index (χ1v) is 5.46.